The SMILES string of the molecule is N#CN1CCC[C@@H]1C(=O)N(c1nc2ccccc2s1)C(C(=O)NC1CCCCC1)c1cccnc1. The maximum atomic E-state index is 14.1. The number of carbonyl (C=O) groups excluding carboxylic acids is 2. The topological polar surface area (TPSA) is 102 Å². The van der Waals surface area contributed by atoms with Gasteiger partial charge in [0.05, 0.1) is 10.2 Å². The fraction of sp³-hybridized carbons (Fsp3) is 0.423. The quantitative estimate of drug-likeness (QED) is 0.523. The van der Waals surface area contributed by atoms with E-state index in [1.54, 1.807) is 18.5 Å². The number of nitrogens with zero attached hydrogens (tertiary/aromatic N) is 5. The van der Waals surface area contributed by atoms with E-state index in [0.717, 1.165) is 42.3 Å². The van der Waals surface area contributed by atoms with Crippen LogP contribution < -0.4 is 10.2 Å². The van der Waals surface area contributed by atoms with Crippen LogP contribution in [0.25, 0.3) is 10.2 Å². The van der Waals surface area contributed by atoms with Crippen LogP contribution in [-0.4, -0.2) is 45.3 Å². The van der Waals surface area contributed by atoms with Gasteiger partial charge in [-0.15, -0.1) is 0 Å². The number of anilines is 1. The van der Waals surface area contributed by atoms with E-state index in [1.807, 2.05) is 30.3 Å². The predicted molar refractivity (Wildman–Crippen MR) is 134 cm³/mol. The Morgan fingerprint density at radius 2 is 1.94 bits per heavy atom. The van der Waals surface area contributed by atoms with Crippen molar-refractivity contribution in [1.29, 1.82) is 5.26 Å². The molecule has 180 valence electrons. The second-order valence-electron chi connectivity index (χ2n) is 9.16. The Kier molecular flexibility index (Phi) is 6.91. The zero-order valence-corrected chi connectivity index (χ0v) is 20.3. The molecule has 9 heteroatoms. The molecule has 2 aromatic heterocycles. The number of benzene rings is 1. The van der Waals surface area contributed by atoms with Gasteiger partial charge in [0.25, 0.3) is 5.91 Å². The molecule has 8 nitrogen and oxygen atoms in total. The van der Waals surface area contributed by atoms with E-state index in [2.05, 4.69) is 16.5 Å². The molecule has 0 spiro atoms. The number of amides is 2. The molecule has 1 saturated heterocycles. The third-order valence-electron chi connectivity index (χ3n) is 6.85. The van der Waals surface area contributed by atoms with Gasteiger partial charge in [-0.1, -0.05) is 48.8 Å². The maximum absolute atomic E-state index is 14.1. The molecule has 1 aliphatic carbocycles. The normalized spacial score (nSPS) is 19.3. The summed E-state index contributed by atoms with van der Waals surface area (Å²) in [5.41, 5.74) is 1.39. The Labute approximate surface area is 208 Å². The van der Waals surface area contributed by atoms with Gasteiger partial charge in [-0.25, -0.2) is 4.98 Å². The lowest BCUT2D eigenvalue weighted by atomic mass is 9.95. The molecule has 0 radical (unpaired) electrons. The van der Waals surface area contributed by atoms with Crippen molar-refractivity contribution in [2.75, 3.05) is 11.4 Å². The van der Waals surface area contributed by atoms with E-state index >= 15 is 0 Å². The third-order valence-corrected chi connectivity index (χ3v) is 7.89. The average Bonchev–Trinajstić information content (AvgIpc) is 3.54. The van der Waals surface area contributed by atoms with E-state index in [1.165, 1.54) is 27.6 Å². The van der Waals surface area contributed by atoms with Crippen LogP contribution in [0.4, 0.5) is 5.13 Å². The van der Waals surface area contributed by atoms with Crippen LogP contribution in [0.2, 0.25) is 0 Å². The molecule has 1 aromatic carbocycles. The second-order valence-corrected chi connectivity index (χ2v) is 10.2. The highest BCUT2D eigenvalue weighted by molar-refractivity contribution is 7.22. The molecule has 2 aliphatic rings. The molecule has 1 saturated carbocycles. The molecule has 3 heterocycles. The van der Waals surface area contributed by atoms with Gasteiger partial charge >= 0.3 is 0 Å². The van der Waals surface area contributed by atoms with Crippen molar-refractivity contribution >= 4 is 38.5 Å². The van der Waals surface area contributed by atoms with E-state index in [4.69, 9.17) is 4.98 Å². The summed E-state index contributed by atoms with van der Waals surface area (Å²) in [5, 5.41) is 13.3. The first-order chi connectivity index (χ1) is 17.2. The van der Waals surface area contributed by atoms with Gasteiger partial charge in [-0.2, -0.15) is 5.26 Å². The first-order valence-electron chi connectivity index (χ1n) is 12.2. The highest BCUT2D eigenvalue weighted by Gasteiger charge is 2.42. The number of carbonyl (C=O) groups is 2. The Morgan fingerprint density at radius 3 is 2.69 bits per heavy atom. The third kappa shape index (κ3) is 4.84. The zero-order chi connectivity index (χ0) is 24.2. The van der Waals surface area contributed by atoms with Crippen LogP contribution in [0.1, 0.15) is 56.6 Å². The molecule has 0 bridgehead atoms. The van der Waals surface area contributed by atoms with E-state index < -0.39 is 12.1 Å². The van der Waals surface area contributed by atoms with E-state index in [-0.39, 0.29) is 17.9 Å². The molecule has 2 fully saturated rings. The van der Waals surface area contributed by atoms with Crippen molar-refractivity contribution in [1.82, 2.24) is 20.2 Å². The van der Waals surface area contributed by atoms with Crippen molar-refractivity contribution in [2.24, 2.45) is 0 Å². The van der Waals surface area contributed by atoms with Crippen LogP contribution >= 0.6 is 11.3 Å². The molecule has 5 rings (SSSR count). The second kappa shape index (κ2) is 10.4. The van der Waals surface area contributed by atoms with Gasteiger partial charge in [-0.3, -0.25) is 24.4 Å². The van der Waals surface area contributed by atoms with Gasteiger partial charge in [0.2, 0.25) is 5.91 Å². The van der Waals surface area contributed by atoms with Crippen molar-refractivity contribution in [3.05, 3.63) is 54.4 Å². The maximum Gasteiger partial charge on any atom is 0.253 e. The van der Waals surface area contributed by atoms with Crippen LogP contribution in [-0.2, 0) is 9.59 Å². The van der Waals surface area contributed by atoms with Gasteiger partial charge in [0.1, 0.15) is 12.1 Å². The highest BCUT2D eigenvalue weighted by atomic mass is 32.1. The number of likely N-dealkylation sites (tertiary alicyclic amines) is 1. The number of hydrogen-bond donors (Lipinski definition) is 1. The molecular weight excluding hydrogens is 460 g/mol. The van der Waals surface area contributed by atoms with Crippen molar-refractivity contribution in [3.63, 3.8) is 0 Å². The number of nitriles is 1. The average molecular weight is 489 g/mol. The number of thiazole rings is 1. The van der Waals surface area contributed by atoms with E-state index in [9.17, 15) is 14.9 Å². The lowest BCUT2D eigenvalue weighted by Crippen LogP contribution is -2.51. The Balaban J connectivity index is 1.59. The van der Waals surface area contributed by atoms with Gasteiger partial charge in [-0.05, 0) is 43.9 Å². The number of nitrogens with one attached hydrogen (secondary N) is 1. The van der Waals surface area contributed by atoms with Crippen molar-refractivity contribution < 1.29 is 9.59 Å². The number of para-hydroxylation sites is 1. The van der Waals surface area contributed by atoms with Crippen LogP contribution in [0.5, 0.6) is 0 Å². The standard InChI is InChI=1S/C26H28N6O2S/c27-17-31-15-7-12-21(31)25(34)32(26-30-20-11-4-5-13-22(20)35-26)23(18-8-6-14-28-16-18)24(33)29-19-9-2-1-3-10-19/h4-6,8,11,13-14,16,19,21,23H,1-3,7,9-10,12,15H2,(H,29,33)/t21-,23?/m1/s1. The van der Waals surface area contributed by atoms with Crippen molar-refractivity contribution in [2.45, 2.75) is 63.1 Å². The molecular formula is C26H28N6O2S. The lowest BCUT2D eigenvalue weighted by molar-refractivity contribution is -0.128. The monoisotopic (exact) mass is 488 g/mol. The Hall–Kier alpha value is -3.51. The van der Waals surface area contributed by atoms with E-state index in [0.29, 0.717) is 23.7 Å². The first kappa shape index (κ1) is 23.2. The summed E-state index contributed by atoms with van der Waals surface area (Å²) >= 11 is 1.38. The molecule has 35 heavy (non-hydrogen) atoms. The molecule has 3 aromatic rings. The summed E-state index contributed by atoms with van der Waals surface area (Å²) in [6, 6.07) is 9.82. The fourth-order valence-electron chi connectivity index (χ4n) is 5.08. The molecule has 2 atom stereocenters. The van der Waals surface area contributed by atoms with Gasteiger partial charge < -0.3 is 5.32 Å². The Morgan fingerprint density at radius 1 is 1.11 bits per heavy atom. The largest absolute Gasteiger partial charge is 0.351 e. The summed E-state index contributed by atoms with van der Waals surface area (Å²) < 4.78 is 0.932. The van der Waals surface area contributed by atoms with Gasteiger partial charge in [0.15, 0.2) is 11.3 Å². The summed E-state index contributed by atoms with van der Waals surface area (Å²) in [7, 11) is 0. The minimum absolute atomic E-state index is 0.0878. The van der Waals surface area contributed by atoms with Crippen LogP contribution in [0.15, 0.2) is 48.8 Å². The molecule has 1 N–H and O–H groups in total. The molecule has 1 unspecified atom stereocenters. The summed E-state index contributed by atoms with van der Waals surface area (Å²) in [5.74, 6) is -0.519. The van der Waals surface area contributed by atoms with Crippen LogP contribution in [0.3, 0.4) is 0 Å². The number of aromatic nitrogens is 2. The van der Waals surface area contributed by atoms with Crippen molar-refractivity contribution in [3.8, 4) is 6.19 Å². The summed E-state index contributed by atoms with van der Waals surface area (Å²) in [4.78, 5) is 40.0. The number of pyridine rings is 1. The Bertz CT molecular complexity index is 1200. The summed E-state index contributed by atoms with van der Waals surface area (Å²) in [6.07, 6.45) is 12.0. The lowest BCUT2D eigenvalue weighted by Gasteiger charge is -2.33. The molecule has 1 aliphatic heterocycles. The number of fused-ring (bicyclic) bond motifs is 1. The highest BCUT2D eigenvalue weighted by Crippen LogP contribution is 2.36. The van der Waals surface area contributed by atoms with Crippen LogP contribution in [0, 0.1) is 11.5 Å². The van der Waals surface area contributed by atoms with Gasteiger partial charge in [0, 0.05) is 30.5 Å². The zero-order valence-electron chi connectivity index (χ0n) is 19.5. The minimum Gasteiger partial charge on any atom is -0.351 e. The fourth-order valence-corrected chi connectivity index (χ4v) is 6.08. The molecule has 2 amide bonds. The number of rotatable bonds is 6. The predicted octanol–water partition coefficient (Wildman–Crippen LogP) is 4.16. The minimum atomic E-state index is -0.931. The number of hydrogen-bond acceptors (Lipinski definition) is 7. The smallest absolute Gasteiger partial charge is 0.253 e. The first-order valence-corrected chi connectivity index (χ1v) is 13.0. The summed E-state index contributed by atoms with van der Waals surface area (Å²) in [6.45, 7) is 0.534.